The van der Waals surface area contributed by atoms with Crippen molar-refractivity contribution >= 4 is 35.6 Å². The van der Waals surface area contributed by atoms with Gasteiger partial charge in [0.1, 0.15) is 18.5 Å². The van der Waals surface area contributed by atoms with Gasteiger partial charge in [-0.3, -0.25) is 4.99 Å². The molecule has 0 saturated heterocycles. The molecule has 0 heterocycles. The third kappa shape index (κ3) is 7.61. The Bertz CT molecular complexity index is 720. The van der Waals surface area contributed by atoms with Crippen LogP contribution < -0.4 is 15.8 Å². The second-order valence-electron chi connectivity index (χ2n) is 6.41. The van der Waals surface area contributed by atoms with Crippen molar-refractivity contribution in [1.82, 2.24) is 0 Å². The van der Waals surface area contributed by atoms with E-state index in [0.29, 0.717) is 5.92 Å². The van der Waals surface area contributed by atoms with E-state index in [0.717, 1.165) is 17.0 Å². The van der Waals surface area contributed by atoms with Crippen LogP contribution in [-0.4, -0.2) is 30.3 Å². The average Bonchev–Trinajstić information content (AvgIpc) is 2.58. The number of rotatable bonds is 7. The molecule has 1 atom stereocenters. The van der Waals surface area contributed by atoms with E-state index < -0.39 is 6.10 Å². The first-order chi connectivity index (χ1) is 11.9. The van der Waals surface area contributed by atoms with Gasteiger partial charge in [0.25, 0.3) is 0 Å². The van der Waals surface area contributed by atoms with E-state index >= 15 is 0 Å². The topological polar surface area (TPSA) is 79.9 Å². The van der Waals surface area contributed by atoms with Crippen LogP contribution in [0.15, 0.2) is 53.5 Å². The molecule has 0 amide bonds. The minimum absolute atomic E-state index is 0. The Morgan fingerprint density at radius 2 is 1.92 bits per heavy atom. The summed E-state index contributed by atoms with van der Waals surface area (Å²) in [5.41, 5.74) is 9.12. The van der Waals surface area contributed by atoms with Crippen LogP contribution in [0.25, 0.3) is 0 Å². The zero-order chi connectivity index (χ0) is 18.2. The van der Waals surface area contributed by atoms with Gasteiger partial charge in [-0.1, -0.05) is 38.1 Å². The zero-order valence-electron chi connectivity index (χ0n) is 15.5. The number of halogens is 1. The number of aliphatic imine (C=N–C) groups is 1. The highest BCUT2D eigenvalue weighted by Crippen LogP contribution is 2.18. The van der Waals surface area contributed by atoms with Gasteiger partial charge in [0, 0.05) is 5.69 Å². The quantitative estimate of drug-likeness (QED) is 0.327. The number of ether oxygens (including phenoxy) is 1. The molecule has 0 aliphatic carbocycles. The van der Waals surface area contributed by atoms with Crippen LogP contribution >= 0.6 is 24.0 Å². The number of guanidine groups is 1. The number of hydrogen-bond acceptors (Lipinski definition) is 3. The van der Waals surface area contributed by atoms with Crippen LogP contribution in [0.4, 0.5) is 5.69 Å². The highest BCUT2D eigenvalue weighted by molar-refractivity contribution is 14.0. The molecule has 2 rings (SSSR count). The Morgan fingerprint density at radius 1 is 1.19 bits per heavy atom. The summed E-state index contributed by atoms with van der Waals surface area (Å²) in [5, 5.41) is 13.0. The van der Waals surface area contributed by atoms with Crippen molar-refractivity contribution in [2.24, 2.45) is 10.7 Å². The molecule has 0 aliphatic rings. The van der Waals surface area contributed by atoms with Gasteiger partial charge >= 0.3 is 0 Å². The molecule has 2 aromatic carbocycles. The molecule has 2 aromatic rings. The number of nitrogens with one attached hydrogen (secondary N) is 1. The summed E-state index contributed by atoms with van der Waals surface area (Å²) in [6.07, 6.45) is -0.720. The van der Waals surface area contributed by atoms with E-state index in [-0.39, 0.29) is 43.1 Å². The summed E-state index contributed by atoms with van der Waals surface area (Å²) < 4.78 is 5.56. The number of hydrogen-bond donors (Lipinski definition) is 3. The van der Waals surface area contributed by atoms with E-state index in [2.05, 4.69) is 30.2 Å². The SMILES string of the molecule is Cc1cccc(OCC(O)CN=C(N)Nc2cccc(C(C)C)c2)c1.I. The van der Waals surface area contributed by atoms with Crippen molar-refractivity contribution in [2.45, 2.75) is 32.8 Å². The molecule has 6 heteroatoms. The Labute approximate surface area is 172 Å². The van der Waals surface area contributed by atoms with Gasteiger partial charge in [0.15, 0.2) is 5.96 Å². The second-order valence-corrected chi connectivity index (χ2v) is 6.41. The average molecular weight is 469 g/mol. The fourth-order valence-corrected chi connectivity index (χ4v) is 2.32. The molecule has 4 N–H and O–H groups in total. The molecule has 26 heavy (non-hydrogen) atoms. The first-order valence-electron chi connectivity index (χ1n) is 8.48. The largest absolute Gasteiger partial charge is 0.491 e. The lowest BCUT2D eigenvalue weighted by molar-refractivity contribution is 0.114. The Morgan fingerprint density at radius 3 is 2.62 bits per heavy atom. The van der Waals surface area contributed by atoms with Gasteiger partial charge in [0.2, 0.25) is 0 Å². The zero-order valence-corrected chi connectivity index (χ0v) is 17.8. The van der Waals surface area contributed by atoms with Gasteiger partial charge in [-0.2, -0.15) is 0 Å². The van der Waals surface area contributed by atoms with Crippen LogP contribution in [0, 0.1) is 6.92 Å². The molecule has 0 aliphatic heterocycles. The number of nitrogens with zero attached hydrogens (tertiary/aromatic N) is 1. The summed E-state index contributed by atoms with van der Waals surface area (Å²) in [6.45, 7) is 6.62. The number of benzene rings is 2. The summed E-state index contributed by atoms with van der Waals surface area (Å²) in [4.78, 5) is 4.18. The summed E-state index contributed by atoms with van der Waals surface area (Å²) >= 11 is 0. The monoisotopic (exact) mass is 469 g/mol. The molecular weight excluding hydrogens is 441 g/mol. The van der Waals surface area contributed by atoms with Crippen LogP contribution in [0.5, 0.6) is 5.75 Å². The molecule has 1 unspecified atom stereocenters. The van der Waals surface area contributed by atoms with Crippen LogP contribution in [0.1, 0.15) is 30.9 Å². The third-order valence-electron chi connectivity index (χ3n) is 3.73. The van der Waals surface area contributed by atoms with Crippen LogP contribution in [0.2, 0.25) is 0 Å². The van der Waals surface area contributed by atoms with Crippen LogP contribution in [0.3, 0.4) is 0 Å². The first-order valence-corrected chi connectivity index (χ1v) is 8.48. The number of aliphatic hydroxyl groups is 1. The molecular formula is C20H28IN3O2. The van der Waals surface area contributed by atoms with E-state index in [1.807, 2.05) is 49.4 Å². The highest BCUT2D eigenvalue weighted by Gasteiger charge is 2.06. The maximum absolute atomic E-state index is 10.00. The van der Waals surface area contributed by atoms with Crippen molar-refractivity contribution in [1.29, 1.82) is 0 Å². The van der Waals surface area contributed by atoms with Crippen molar-refractivity contribution in [3.8, 4) is 5.75 Å². The minimum Gasteiger partial charge on any atom is -0.491 e. The Kier molecular flexibility index (Phi) is 9.43. The molecule has 0 radical (unpaired) electrons. The van der Waals surface area contributed by atoms with E-state index in [1.165, 1.54) is 5.56 Å². The van der Waals surface area contributed by atoms with Gasteiger partial charge < -0.3 is 20.9 Å². The lowest BCUT2D eigenvalue weighted by Crippen LogP contribution is -2.27. The van der Waals surface area contributed by atoms with Crippen molar-refractivity contribution in [2.75, 3.05) is 18.5 Å². The van der Waals surface area contributed by atoms with Gasteiger partial charge in [-0.15, -0.1) is 24.0 Å². The van der Waals surface area contributed by atoms with E-state index in [1.54, 1.807) is 0 Å². The van der Waals surface area contributed by atoms with E-state index in [9.17, 15) is 5.11 Å². The second kappa shape index (κ2) is 11.0. The smallest absolute Gasteiger partial charge is 0.193 e. The van der Waals surface area contributed by atoms with Crippen molar-refractivity contribution < 1.29 is 9.84 Å². The fraction of sp³-hybridized carbons (Fsp3) is 0.350. The van der Waals surface area contributed by atoms with Gasteiger partial charge in [-0.25, -0.2) is 0 Å². The first kappa shape index (κ1) is 22.2. The van der Waals surface area contributed by atoms with Crippen molar-refractivity contribution in [3.05, 3.63) is 59.7 Å². The minimum atomic E-state index is -0.720. The van der Waals surface area contributed by atoms with Crippen molar-refractivity contribution in [3.63, 3.8) is 0 Å². The maximum atomic E-state index is 10.00. The molecule has 142 valence electrons. The fourth-order valence-electron chi connectivity index (χ4n) is 2.32. The lowest BCUT2D eigenvalue weighted by Gasteiger charge is -2.12. The van der Waals surface area contributed by atoms with Crippen LogP contribution in [-0.2, 0) is 0 Å². The summed E-state index contributed by atoms with van der Waals surface area (Å²) in [5.74, 6) is 1.45. The molecule has 0 aromatic heterocycles. The normalized spacial score (nSPS) is 12.4. The standard InChI is InChI=1S/C20H27N3O2.HI/c1-14(2)16-7-5-8-17(11-16)23-20(21)22-12-18(24)13-25-19-9-4-6-15(3)10-19;/h4-11,14,18,24H,12-13H2,1-3H3,(H3,21,22,23);1H. The Hall–Kier alpha value is -1.80. The molecule has 0 fully saturated rings. The maximum Gasteiger partial charge on any atom is 0.193 e. The van der Waals surface area contributed by atoms with Gasteiger partial charge in [-0.05, 0) is 48.2 Å². The van der Waals surface area contributed by atoms with Gasteiger partial charge in [0.05, 0.1) is 6.54 Å². The number of aryl methyl sites for hydroxylation is 1. The highest BCUT2D eigenvalue weighted by atomic mass is 127. The molecule has 0 saturated carbocycles. The Balaban J connectivity index is 0.00000338. The third-order valence-corrected chi connectivity index (χ3v) is 3.73. The number of anilines is 1. The summed E-state index contributed by atoms with van der Waals surface area (Å²) in [6, 6.07) is 15.7. The molecule has 5 nitrogen and oxygen atoms in total. The number of aliphatic hydroxyl groups excluding tert-OH is 1. The summed E-state index contributed by atoms with van der Waals surface area (Å²) in [7, 11) is 0. The molecule has 0 bridgehead atoms. The lowest BCUT2D eigenvalue weighted by atomic mass is 10.0. The molecule has 0 spiro atoms. The number of nitrogens with two attached hydrogens (primary N) is 1. The predicted octanol–water partition coefficient (Wildman–Crippen LogP) is 3.90. The predicted molar refractivity (Wildman–Crippen MR) is 119 cm³/mol. The van der Waals surface area contributed by atoms with E-state index in [4.69, 9.17) is 10.5 Å².